The third-order valence-electron chi connectivity index (χ3n) is 0.923. The molecule has 0 unspecified atom stereocenters. The minimum absolute atomic E-state index is 0. The molecule has 0 aromatic carbocycles. The molecule has 0 atom stereocenters. The van der Waals surface area contributed by atoms with E-state index in [1.807, 2.05) is 6.92 Å². The Morgan fingerprint density at radius 2 is 1.75 bits per heavy atom. The van der Waals surface area contributed by atoms with Crippen LogP contribution in [0.2, 0.25) is 0 Å². The first-order valence-corrected chi connectivity index (χ1v) is 5.06. The van der Waals surface area contributed by atoms with Gasteiger partial charge in [0.15, 0.2) is 0 Å². The van der Waals surface area contributed by atoms with E-state index in [1.54, 1.807) is 0 Å². The molecule has 0 rings (SSSR count). The fraction of sp³-hybridized carbons (Fsp3) is 0.875. The normalized spacial score (nSPS) is 7.58. The summed E-state index contributed by atoms with van der Waals surface area (Å²) in [6, 6.07) is 0. The Morgan fingerprint density at radius 3 is 1.83 bits per heavy atom. The Bertz CT molecular complexity index is 87.1. The van der Waals surface area contributed by atoms with Crippen molar-refractivity contribution in [2.75, 3.05) is 5.33 Å². The average molecular weight is 231 g/mol. The third kappa shape index (κ3) is 31.2. The first kappa shape index (κ1) is 18.4. The molecule has 0 aliphatic rings. The molecule has 0 aromatic rings. The predicted octanol–water partition coefficient (Wildman–Crippen LogP) is -1.28. The van der Waals surface area contributed by atoms with Crippen LogP contribution in [-0.4, -0.2) is 11.3 Å². The maximum absolute atomic E-state index is 9.65. The van der Waals surface area contributed by atoms with E-state index in [0.29, 0.717) is 0 Å². The summed E-state index contributed by atoms with van der Waals surface area (Å²) in [6.07, 6.45) is 3.10. The molecule has 0 heterocycles. The van der Waals surface area contributed by atoms with E-state index in [2.05, 4.69) is 22.9 Å². The molecule has 0 amide bonds. The van der Waals surface area contributed by atoms with E-state index in [9.17, 15) is 9.90 Å². The van der Waals surface area contributed by atoms with Crippen molar-refractivity contribution in [1.82, 2.24) is 0 Å². The van der Waals surface area contributed by atoms with E-state index in [1.165, 1.54) is 6.42 Å². The Labute approximate surface area is 95.4 Å². The standard InChI is InChI=1S/C5H10O2.C3H7Br.Li/c1-2-3-4-5(6)7;1-2-3-4;/h2-4H2,1H3,(H,6,7);2-3H2,1H3;/q;;+1/p-1. The maximum Gasteiger partial charge on any atom is 1.00 e. The van der Waals surface area contributed by atoms with Crippen LogP contribution in [0.15, 0.2) is 0 Å². The molecule has 0 aliphatic heterocycles. The van der Waals surface area contributed by atoms with Crippen LogP contribution in [0.1, 0.15) is 39.5 Å². The summed E-state index contributed by atoms with van der Waals surface area (Å²) >= 11 is 3.25. The summed E-state index contributed by atoms with van der Waals surface area (Å²) < 4.78 is 0. The van der Waals surface area contributed by atoms with Crippen molar-refractivity contribution in [2.24, 2.45) is 0 Å². The first-order valence-electron chi connectivity index (χ1n) is 3.94. The van der Waals surface area contributed by atoms with E-state index in [-0.39, 0.29) is 25.3 Å². The quantitative estimate of drug-likeness (QED) is 0.446. The van der Waals surface area contributed by atoms with Crippen molar-refractivity contribution in [3.05, 3.63) is 0 Å². The monoisotopic (exact) mass is 230 g/mol. The van der Waals surface area contributed by atoms with Gasteiger partial charge in [0.25, 0.3) is 0 Å². The summed E-state index contributed by atoms with van der Waals surface area (Å²) in [7, 11) is 0. The van der Waals surface area contributed by atoms with Gasteiger partial charge in [-0.2, -0.15) is 0 Å². The summed E-state index contributed by atoms with van der Waals surface area (Å²) in [6.45, 7) is 4.08. The zero-order valence-electron chi connectivity index (χ0n) is 8.23. The number of hydrogen-bond donors (Lipinski definition) is 0. The Morgan fingerprint density at radius 1 is 1.33 bits per heavy atom. The van der Waals surface area contributed by atoms with Gasteiger partial charge in [-0.1, -0.05) is 36.2 Å². The molecule has 0 aromatic heterocycles. The number of rotatable bonds is 4. The average Bonchev–Trinajstić information content (AvgIpc) is 2.01. The second kappa shape index (κ2) is 17.6. The number of carbonyl (C=O) groups is 1. The van der Waals surface area contributed by atoms with Gasteiger partial charge in [-0.05, 0) is 19.3 Å². The van der Waals surface area contributed by atoms with Gasteiger partial charge in [-0.3, -0.25) is 0 Å². The number of hydrogen-bond acceptors (Lipinski definition) is 2. The van der Waals surface area contributed by atoms with Gasteiger partial charge in [0.2, 0.25) is 0 Å². The SMILES string of the molecule is CCCBr.CCCCC(=O)[O-].[Li+]. The van der Waals surface area contributed by atoms with Gasteiger partial charge in [-0.25, -0.2) is 0 Å². The number of carboxylic acid groups (broad SMARTS) is 1. The number of carboxylic acids is 1. The van der Waals surface area contributed by atoms with Gasteiger partial charge in [0.1, 0.15) is 0 Å². The van der Waals surface area contributed by atoms with Gasteiger partial charge in [0, 0.05) is 11.3 Å². The van der Waals surface area contributed by atoms with Gasteiger partial charge < -0.3 is 9.90 Å². The van der Waals surface area contributed by atoms with Crippen LogP contribution in [-0.2, 0) is 4.79 Å². The zero-order valence-corrected chi connectivity index (χ0v) is 9.82. The third-order valence-corrected chi connectivity index (χ3v) is 1.72. The Hall–Kier alpha value is 0.547. The van der Waals surface area contributed by atoms with Crippen molar-refractivity contribution < 1.29 is 28.8 Å². The second-order valence-electron chi connectivity index (χ2n) is 2.16. The fourth-order valence-electron chi connectivity index (χ4n) is 0.321. The molecule has 0 spiro atoms. The van der Waals surface area contributed by atoms with Gasteiger partial charge in [-0.15, -0.1) is 0 Å². The largest absolute Gasteiger partial charge is 1.00 e. The second-order valence-corrected chi connectivity index (χ2v) is 2.96. The summed E-state index contributed by atoms with van der Waals surface area (Å²) in [5, 5.41) is 10.8. The van der Waals surface area contributed by atoms with E-state index < -0.39 is 5.97 Å². The zero-order chi connectivity index (χ0) is 9.11. The molecule has 0 N–H and O–H groups in total. The van der Waals surface area contributed by atoms with Crippen molar-refractivity contribution in [3.63, 3.8) is 0 Å². The molecular weight excluding hydrogens is 215 g/mol. The molecule has 0 saturated heterocycles. The number of aliphatic carboxylic acids is 1. The minimum atomic E-state index is -0.943. The van der Waals surface area contributed by atoms with Gasteiger partial charge in [0.05, 0.1) is 0 Å². The van der Waals surface area contributed by atoms with Crippen LogP contribution >= 0.6 is 15.9 Å². The van der Waals surface area contributed by atoms with Crippen LogP contribution < -0.4 is 24.0 Å². The molecule has 0 aliphatic carbocycles. The Kier molecular flexibility index (Phi) is 26.9. The first-order chi connectivity index (χ1) is 5.18. The maximum atomic E-state index is 9.65. The molecule has 2 nitrogen and oxygen atoms in total. The summed E-state index contributed by atoms with van der Waals surface area (Å²) in [5.74, 6) is -0.943. The van der Waals surface area contributed by atoms with Crippen LogP contribution in [0.3, 0.4) is 0 Å². The predicted molar refractivity (Wildman–Crippen MR) is 48.6 cm³/mol. The smallest absolute Gasteiger partial charge is 0.550 e. The Balaban J connectivity index is -0.000000142. The topological polar surface area (TPSA) is 40.1 Å². The van der Waals surface area contributed by atoms with Crippen LogP contribution in [0.25, 0.3) is 0 Å². The molecule has 4 heteroatoms. The molecule has 0 radical (unpaired) electrons. The summed E-state index contributed by atoms with van der Waals surface area (Å²) in [4.78, 5) is 9.65. The number of unbranched alkanes of at least 4 members (excludes halogenated alkanes) is 1. The van der Waals surface area contributed by atoms with Crippen molar-refractivity contribution in [3.8, 4) is 0 Å². The van der Waals surface area contributed by atoms with E-state index in [0.717, 1.165) is 18.2 Å². The fourth-order valence-corrected chi connectivity index (χ4v) is 0.321. The summed E-state index contributed by atoms with van der Waals surface area (Å²) in [5.41, 5.74) is 0. The minimum Gasteiger partial charge on any atom is -0.550 e. The van der Waals surface area contributed by atoms with Crippen molar-refractivity contribution >= 4 is 21.9 Å². The number of alkyl halides is 1. The molecule has 0 bridgehead atoms. The molecule has 68 valence electrons. The molecule has 0 saturated carbocycles. The van der Waals surface area contributed by atoms with Crippen LogP contribution in [0, 0.1) is 0 Å². The molecular formula is C8H16BrLiO2. The molecule has 0 fully saturated rings. The molecule has 12 heavy (non-hydrogen) atoms. The van der Waals surface area contributed by atoms with Crippen LogP contribution in [0.5, 0.6) is 0 Å². The van der Waals surface area contributed by atoms with Crippen molar-refractivity contribution in [2.45, 2.75) is 39.5 Å². The van der Waals surface area contributed by atoms with Crippen LogP contribution in [0.4, 0.5) is 0 Å². The number of halogens is 1. The van der Waals surface area contributed by atoms with E-state index in [4.69, 9.17) is 0 Å². The van der Waals surface area contributed by atoms with Crippen molar-refractivity contribution in [1.29, 1.82) is 0 Å². The van der Waals surface area contributed by atoms with E-state index >= 15 is 0 Å². The number of carbonyl (C=O) groups excluding carboxylic acids is 1. The van der Waals surface area contributed by atoms with Gasteiger partial charge >= 0.3 is 18.9 Å².